The van der Waals surface area contributed by atoms with Gasteiger partial charge in [0.25, 0.3) is 5.56 Å². The Balaban J connectivity index is 1.64. The number of carbonyl (C=O) groups excluding carboxylic acids is 1. The topological polar surface area (TPSA) is 118 Å². The fraction of sp³-hybridized carbons (Fsp3) is 0.304. The highest BCUT2D eigenvalue weighted by molar-refractivity contribution is 6.07. The molecule has 9 nitrogen and oxygen atoms in total. The Morgan fingerprint density at radius 3 is 2.79 bits per heavy atom. The van der Waals surface area contributed by atoms with Gasteiger partial charge in [-0.2, -0.15) is 5.10 Å². The molecule has 1 unspecified atom stereocenters. The lowest BCUT2D eigenvalue weighted by molar-refractivity contribution is -0.119. The number of hydrogen-bond acceptors (Lipinski definition) is 6. The van der Waals surface area contributed by atoms with Gasteiger partial charge >= 0.3 is 0 Å². The molecule has 1 amide bonds. The van der Waals surface area contributed by atoms with Crippen LogP contribution in [0.5, 0.6) is 0 Å². The van der Waals surface area contributed by atoms with Crippen LogP contribution in [0, 0.1) is 12.7 Å². The molecule has 0 bridgehead atoms. The fourth-order valence-corrected chi connectivity index (χ4v) is 4.24. The summed E-state index contributed by atoms with van der Waals surface area (Å²) >= 11 is 0. The van der Waals surface area contributed by atoms with Crippen molar-refractivity contribution >= 4 is 17.4 Å². The zero-order valence-electron chi connectivity index (χ0n) is 18.4. The SMILES string of the molecule is CCCCc1nc(-c2nc3c(c(=O)[nH]2)C(C)(c2ccc(F)c(C)c2)C(=O)N3)cn2ncnc12. The summed E-state index contributed by atoms with van der Waals surface area (Å²) < 4.78 is 15.4. The lowest BCUT2D eigenvalue weighted by Crippen LogP contribution is -2.36. The second-order valence-corrected chi connectivity index (χ2v) is 8.39. The van der Waals surface area contributed by atoms with Gasteiger partial charge in [-0.3, -0.25) is 9.59 Å². The molecule has 3 aromatic heterocycles. The number of aromatic nitrogens is 6. The van der Waals surface area contributed by atoms with E-state index in [1.165, 1.54) is 18.5 Å². The zero-order valence-corrected chi connectivity index (χ0v) is 18.4. The van der Waals surface area contributed by atoms with Crippen LogP contribution in [-0.2, 0) is 16.6 Å². The van der Waals surface area contributed by atoms with Crippen molar-refractivity contribution < 1.29 is 9.18 Å². The van der Waals surface area contributed by atoms with E-state index in [4.69, 9.17) is 0 Å². The maximum Gasteiger partial charge on any atom is 0.257 e. The summed E-state index contributed by atoms with van der Waals surface area (Å²) in [6.45, 7) is 5.34. The van der Waals surface area contributed by atoms with Gasteiger partial charge in [0.2, 0.25) is 5.91 Å². The number of hydrogen-bond donors (Lipinski definition) is 2. The van der Waals surface area contributed by atoms with Crippen molar-refractivity contribution in [3.8, 4) is 11.5 Å². The Morgan fingerprint density at radius 1 is 1.21 bits per heavy atom. The zero-order chi connectivity index (χ0) is 23.3. The van der Waals surface area contributed by atoms with Crippen molar-refractivity contribution in [3.63, 3.8) is 0 Å². The van der Waals surface area contributed by atoms with E-state index in [1.54, 1.807) is 30.6 Å². The van der Waals surface area contributed by atoms with E-state index in [1.807, 2.05) is 0 Å². The maximum atomic E-state index is 13.8. The maximum absolute atomic E-state index is 13.8. The first kappa shape index (κ1) is 20.9. The van der Waals surface area contributed by atoms with Crippen molar-refractivity contribution in [1.29, 1.82) is 0 Å². The molecule has 0 aliphatic carbocycles. The lowest BCUT2D eigenvalue weighted by Gasteiger charge is -2.22. The summed E-state index contributed by atoms with van der Waals surface area (Å²) in [5, 5.41) is 6.93. The quantitative estimate of drug-likeness (QED) is 0.486. The second-order valence-electron chi connectivity index (χ2n) is 8.39. The number of nitrogens with zero attached hydrogens (tertiary/aromatic N) is 5. The van der Waals surface area contributed by atoms with Gasteiger partial charge in [0.05, 0.1) is 17.5 Å². The Bertz CT molecular complexity index is 1480. The molecule has 5 rings (SSSR count). The molecule has 4 heterocycles. The van der Waals surface area contributed by atoms with Gasteiger partial charge in [0.15, 0.2) is 11.5 Å². The molecule has 1 atom stereocenters. The van der Waals surface area contributed by atoms with Crippen LogP contribution in [0.1, 0.15) is 49.1 Å². The molecule has 1 aliphatic heterocycles. The third-order valence-corrected chi connectivity index (χ3v) is 6.18. The Labute approximate surface area is 188 Å². The molecular weight excluding hydrogens is 425 g/mol. The average molecular weight is 447 g/mol. The van der Waals surface area contributed by atoms with Crippen molar-refractivity contribution in [3.05, 3.63) is 69.3 Å². The summed E-state index contributed by atoms with van der Waals surface area (Å²) in [6.07, 6.45) is 5.72. The van der Waals surface area contributed by atoms with Gasteiger partial charge in [-0.1, -0.05) is 25.5 Å². The van der Waals surface area contributed by atoms with Crippen LogP contribution in [0.2, 0.25) is 0 Å². The van der Waals surface area contributed by atoms with E-state index in [0.29, 0.717) is 28.9 Å². The summed E-state index contributed by atoms with van der Waals surface area (Å²) in [4.78, 5) is 42.5. The molecule has 0 radical (unpaired) electrons. The van der Waals surface area contributed by atoms with E-state index in [-0.39, 0.29) is 23.0 Å². The number of aromatic amines is 1. The first-order valence-corrected chi connectivity index (χ1v) is 10.8. The van der Waals surface area contributed by atoms with Gasteiger partial charge in [0, 0.05) is 0 Å². The van der Waals surface area contributed by atoms with E-state index < -0.39 is 16.9 Å². The number of aryl methyl sites for hydroxylation is 2. The normalized spacial score (nSPS) is 17.4. The molecule has 2 N–H and O–H groups in total. The molecule has 1 aliphatic rings. The number of fused-ring (bicyclic) bond motifs is 2. The van der Waals surface area contributed by atoms with Gasteiger partial charge in [-0.05, 0) is 43.9 Å². The predicted molar refractivity (Wildman–Crippen MR) is 119 cm³/mol. The van der Waals surface area contributed by atoms with Crippen LogP contribution in [0.3, 0.4) is 0 Å². The third-order valence-electron chi connectivity index (χ3n) is 6.18. The van der Waals surface area contributed by atoms with Crippen LogP contribution in [0.25, 0.3) is 17.2 Å². The monoisotopic (exact) mass is 447 g/mol. The number of unbranched alkanes of at least 4 members (excludes halogenated alkanes) is 1. The minimum Gasteiger partial charge on any atom is -0.309 e. The second kappa shape index (κ2) is 7.58. The molecule has 0 fully saturated rings. The number of H-pyrrole nitrogens is 1. The molecule has 168 valence electrons. The van der Waals surface area contributed by atoms with Crippen molar-refractivity contribution in [2.75, 3.05) is 5.32 Å². The molecule has 0 saturated heterocycles. The van der Waals surface area contributed by atoms with Crippen LogP contribution < -0.4 is 10.9 Å². The first-order chi connectivity index (χ1) is 15.8. The predicted octanol–water partition coefficient (Wildman–Crippen LogP) is 2.92. The lowest BCUT2D eigenvalue weighted by atomic mass is 9.77. The highest BCUT2D eigenvalue weighted by Crippen LogP contribution is 2.40. The first-order valence-electron chi connectivity index (χ1n) is 10.8. The van der Waals surface area contributed by atoms with Gasteiger partial charge in [-0.15, -0.1) is 0 Å². The highest BCUT2D eigenvalue weighted by Gasteiger charge is 2.47. The van der Waals surface area contributed by atoms with E-state index in [2.05, 4.69) is 37.3 Å². The van der Waals surface area contributed by atoms with Crippen LogP contribution >= 0.6 is 0 Å². The molecule has 1 aromatic carbocycles. The van der Waals surface area contributed by atoms with Crippen molar-refractivity contribution in [2.24, 2.45) is 0 Å². The van der Waals surface area contributed by atoms with Gasteiger partial charge < -0.3 is 10.3 Å². The molecule has 4 aromatic rings. The number of benzene rings is 1. The minimum absolute atomic E-state index is 0.166. The molecule has 33 heavy (non-hydrogen) atoms. The third kappa shape index (κ3) is 3.21. The summed E-state index contributed by atoms with van der Waals surface area (Å²) in [7, 11) is 0. The molecule has 0 spiro atoms. The largest absolute Gasteiger partial charge is 0.309 e. The van der Waals surface area contributed by atoms with Crippen LogP contribution in [-0.4, -0.2) is 35.5 Å². The average Bonchev–Trinajstić information content (AvgIpc) is 3.37. The number of anilines is 1. The van der Waals surface area contributed by atoms with E-state index in [9.17, 15) is 14.0 Å². The number of nitrogens with one attached hydrogen (secondary N) is 2. The van der Waals surface area contributed by atoms with E-state index in [0.717, 1.165) is 18.5 Å². The molecular formula is C23H22FN7O2. The van der Waals surface area contributed by atoms with Crippen LogP contribution in [0.15, 0.2) is 35.5 Å². The Morgan fingerprint density at radius 2 is 2.03 bits per heavy atom. The minimum atomic E-state index is -1.30. The van der Waals surface area contributed by atoms with Crippen molar-refractivity contribution in [1.82, 2.24) is 29.5 Å². The summed E-state index contributed by atoms with van der Waals surface area (Å²) in [5.41, 5.74) is 1.16. The number of amides is 1. The van der Waals surface area contributed by atoms with Gasteiger partial charge in [-0.25, -0.2) is 23.9 Å². The number of rotatable bonds is 5. The summed E-state index contributed by atoms with van der Waals surface area (Å²) in [6, 6.07) is 4.40. The smallest absolute Gasteiger partial charge is 0.257 e. The fourth-order valence-electron chi connectivity index (χ4n) is 4.24. The number of halogens is 1. The number of carbonyl (C=O) groups is 1. The van der Waals surface area contributed by atoms with Crippen molar-refractivity contribution in [2.45, 2.75) is 45.4 Å². The molecule has 0 saturated carbocycles. The summed E-state index contributed by atoms with van der Waals surface area (Å²) in [5.74, 6) is -0.397. The molecule has 10 heteroatoms. The van der Waals surface area contributed by atoms with E-state index >= 15 is 0 Å². The van der Waals surface area contributed by atoms with Crippen LogP contribution in [0.4, 0.5) is 10.2 Å². The Hall–Kier alpha value is -3.95. The standard InChI is InChI=1S/C23H22FN7O2/c1-4-5-6-15-20-25-11-26-31(20)10-16(27-15)18-28-19-17(21(32)29-18)23(3,22(33)30-19)13-7-8-14(24)12(2)9-13/h7-11H,4-6H2,1-3H3,(H2,28,29,30,32,33). The highest BCUT2D eigenvalue weighted by atomic mass is 19.1. The Kier molecular flexibility index (Phi) is 4.80. The van der Waals surface area contributed by atoms with Gasteiger partial charge in [0.1, 0.15) is 29.1 Å².